The van der Waals surface area contributed by atoms with Gasteiger partial charge in [-0.2, -0.15) is 9.97 Å². The molecule has 4 aromatic rings. The molecular formula is C23H23FN8O. The van der Waals surface area contributed by atoms with Gasteiger partial charge in [-0.1, -0.05) is 0 Å². The molecule has 2 saturated heterocycles. The molecule has 0 spiro atoms. The second kappa shape index (κ2) is 6.74. The predicted octanol–water partition coefficient (Wildman–Crippen LogP) is 2.91. The lowest BCUT2D eigenvalue weighted by Gasteiger charge is -2.28. The number of aromatic amines is 1. The molecule has 10 heteroatoms. The number of ether oxygens (including phenoxy) is 1. The van der Waals surface area contributed by atoms with E-state index in [9.17, 15) is 0 Å². The Labute approximate surface area is 188 Å². The number of H-pyrrole nitrogens is 1. The molecule has 6 heterocycles. The van der Waals surface area contributed by atoms with Crippen LogP contribution in [0.25, 0.3) is 21.9 Å². The van der Waals surface area contributed by atoms with Gasteiger partial charge in [-0.3, -0.25) is 0 Å². The first kappa shape index (κ1) is 19.0. The Kier molecular flexibility index (Phi) is 3.88. The third-order valence-corrected chi connectivity index (χ3v) is 7.31. The molecule has 3 aliphatic heterocycles. The van der Waals surface area contributed by atoms with E-state index >= 15 is 4.39 Å². The van der Waals surface area contributed by atoms with Gasteiger partial charge in [0.2, 0.25) is 0 Å². The smallest absolute Gasteiger partial charge is 0.326 e. The molecule has 1 aromatic carbocycles. The topological polar surface area (TPSA) is 104 Å². The van der Waals surface area contributed by atoms with Crippen molar-refractivity contribution in [3.63, 3.8) is 0 Å². The molecule has 3 aromatic heterocycles. The van der Waals surface area contributed by atoms with E-state index in [0.29, 0.717) is 41.3 Å². The number of fused-ring (bicyclic) bond motifs is 4. The number of nitrogens with zero attached hydrogens (tertiary/aromatic N) is 5. The lowest BCUT2D eigenvalue weighted by molar-refractivity contribution is 0.438. The van der Waals surface area contributed by atoms with Gasteiger partial charge in [0.1, 0.15) is 23.1 Å². The minimum absolute atomic E-state index is 0.122. The highest BCUT2D eigenvalue weighted by molar-refractivity contribution is 6.16. The SMILES string of the molecule is CNc1cc(F)c2c3c1[nH]c1nc(Oc4cnc(C)nc4)nc(c13)N1C[C@H]3CCN[C@H]3[C@@H]1C2. The number of hydrogen-bond donors (Lipinski definition) is 3. The van der Waals surface area contributed by atoms with E-state index in [1.165, 1.54) is 0 Å². The van der Waals surface area contributed by atoms with Crippen LogP contribution in [0.15, 0.2) is 18.5 Å². The number of aryl methyl sites for hydroxylation is 1. The largest absolute Gasteiger partial charge is 0.421 e. The van der Waals surface area contributed by atoms with E-state index in [4.69, 9.17) is 9.72 Å². The minimum atomic E-state index is -0.195. The number of rotatable bonds is 3. The summed E-state index contributed by atoms with van der Waals surface area (Å²) in [6, 6.07) is 2.23. The maximum absolute atomic E-state index is 15.4. The van der Waals surface area contributed by atoms with Gasteiger partial charge in [0.05, 0.1) is 35.0 Å². The zero-order chi connectivity index (χ0) is 22.3. The Morgan fingerprint density at radius 1 is 1.21 bits per heavy atom. The van der Waals surface area contributed by atoms with Crippen molar-refractivity contribution in [2.75, 3.05) is 30.4 Å². The van der Waals surface area contributed by atoms with Crippen LogP contribution in [0.3, 0.4) is 0 Å². The summed E-state index contributed by atoms with van der Waals surface area (Å²) in [5.74, 6) is 2.25. The number of benzene rings is 1. The quantitative estimate of drug-likeness (QED) is 0.441. The molecule has 2 fully saturated rings. The molecule has 3 aliphatic rings. The Bertz CT molecular complexity index is 1420. The molecule has 3 N–H and O–H groups in total. The van der Waals surface area contributed by atoms with Crippen molar-refractivity contribution in [1.29, 1.82) is 0 Å². The Morgan fingerprint density at radius 3 is 2.88 bits per heavy atom. The van der Waals surface area contributed by atoms with Gasteiger partial charge in [0, 0.05) is 30.6 Å². The van der Waals surface area contributed by atoms with Crippen LogP contribution in [0.1, 0.15) is 17.8 Å². The molecule has 9 nitrogen and oxygen atoms in total. The summed E-state index contributed by atoms with van der Waals surface area (Å²) < 4.78 is 21.4. The molecule has 0 saturated carbocycles. The average molecular weight is 446 g/mol. The first-order chi connectivity index (χ1) is 16.1. The van der Waals surface area contributed by atoms with Crippen LogP contribution in [-0.4, -0.2) is 57.1 Å². The number of hydrogen-bond acceptors (Lipinski definition) is 8. The Hall–Kier alpha value is -3.53. The standard InChI is InChI=1S/C23H23FN8O/c1-10-27-7-12(8-28-10)33-23-30-21-18-17-13(14(24)6-15(25-2)20(17)29-21)5-16-19-11(3-4-26-19)9-32(16)22(18)31-23/h6-8,11,16,19,25-26H,3-5,9H2,1-2H3,(H,29,30,31)/t11-,16+,19-/m1/s1. The van der Waals surface area contributed by atoms with Gasteiger partial charge in [-0.15, -0.1) is 0 Å². The van der Waals surface area contributed by atoms with Gasteiger partial charge in [0.25, 0.3) is 0 Å². The number of aromatic nitrogens is 5. The fraction of sp³-hybridized carbons (Fsp3) is 0.391. The predicted molar refractivity (Wildman–Crippen MR) is 122 cm³/mol. The zero-order valence-electron chi connectivity index (χ0n) is 18.3. The van der Waals surface area contributed by atoms with E-state index in [1.54, 1.807) is 25.5 Å². The van der Waals surface area contributed by atoms with Crippen LogP contribution in [-0.2, 0) is 6.42 Å². The van der Waals surface area contributed by atoms with Crippen molar-refractivity contribution in [2.45, 2.75) is 31.8 Å². The van der Waals surface area contributed by atoms with Crippen LogP contribution in [0.5, 0.6) is 11.8 Å². The molecule has 0 aliphatic carbocycles. The number of halogens is 1. The molecule has 168 valence electrons. The lowest BCUT2D eigenvalue weighted by Crippen LogP contribution is -2.43. The maximum Gasteiger partial charge on any atom is 0.326 e. The summed E-state index contributed by atoms with van der Waals surface area (Å²) in [6.45, 7) is 3.70. The van der Waals surface area contributed by atoms with E-state index < -0.39 is 0 Å². The minimum Gasteiger partial charge on any atom is -0.421 e. The van der Waals surface area contributed by atoms with Gasteiger partial charge < -0.3 is 25.3 Å². The summed E-state index contributed by atoms with van der Waals surface area (Å²) in [4.78, 5) is 23.7. The first-order valence-corrected chi connectivity index (χ1v) is 11.3. The maximum atomic E-state index is 15.4. The highest BCUT2D eigenvalue weighted by Crippen LogP contribution is 2.46. The summed E-state index contributed by atoms with van der Waals surface area (Å²) in [7, 11) is 1.79. The molecule has 7 rings (SSSR count). The van der Waals surface area contributed by atoms with Crippen LogP contribution < -0.4 is 20.3 Å². The summed E-state index contributed by atoms with van der Waals surface area (Å²) in [5, 5.41) is 8.48. The number of anilines is 2. The number of nitrogens with one attached hydrogen (secondary N) is 3. The second-order valence-electron chi connectivity index (χ2n) is 9.08. The summed E-state index contributed by atoms with van der Waals surface area (Å²) in [6.07, 6.45) is 4.95. The molecule has 33 heavy (non-hydrogen) atoms. The summed E-state index contributed by atoms with van der Waals surface area (Å²) >= 11 is 0. The Balaban J connectivity index is 1.48. The van der Waals surface area contributed by atoms with Crippen molar-refractivity contribution in [2.24, 2.45) is 5.92 Å². The van der Waals surface area contributed by atoms with Gasteiger partial charge >= 0.3 is 6.01 Å². The molecule has 0 radical (unpaired) electrons. The molecular weight excluding hydrogens is 423 g/mol. The monoisotopic (exact) mass is 446 g/mol. The fourth-order valence-corrected chi connectivity index (χ4v) is 5.86. The van der Waals surface area contributed by atoms with Crippen LogP contribution in [0.2, 0.25) is 0 Å². The van der Waals surface area contributed by atoms with Crippen molar-refractivity contribution >= 4 is 33.4 Å². The zero-order valence-corrected chi connectivity index (χ0v) is 18.3. The van der Waals surface area contributed by atoms with Crippen LogP contribution in [0.4, 0.5) is 15.9 Å². The lowest BCUT2D eigenvalue weighted by atomic mass is 9.94. The van der Waals surface area contributed by atoms with Crippen LogP contribution >= 0.6 is 0 Å². The van der Waals surface area contributed by atoms with E-state index in [-0.39, 0.29) is 17.9 Å². The van der Waals surface area contributed by atoms with Gasteiger partial charge in [0.15, 0.2) is 5.75 Å². The van der Waals surface area contributed by atoms with E-state index in [0.717, 1.165) is 47.2 Å². The highest BCUT2D eigenvalue weighted by Gasteiger charge is 2.47. The first-order valence-electron chi connectivity index (χ1n) is 11.3. The molecule has 0 bridgehead atoms. The highest BCUT2D eigenvalue weighted by atomic mass is 19.1. The third-order valence-electron chi connectivity index (χ3n) is 7.31. The van der Waals surface area contributed by atoms with Crippen molar-refractivity contribution in [1.82, 2.24) is 30.2 Å². The Morgan fingerprint density at radius 2 is 2.06 bits per heavy atom. The van der Waals surface area contributed by atoms with Crippen LogP contribution in [0, 0.1) is 18.7 Å². The molecule has 0 amide bonds. The van der Waals surface area contributed by atoms with Crippen molar-refractivity contribution in [3.8, 4) is 11.8 Å². The normalized spacial score (nSPS) is 23.2. The fourth-order valence-electron chi connectivity index (χ4n) is 5.86. The van der Waals surface area contributed by atoms with Gasteiger partial charge in [-0.25, -0.2) is 14.4 Å². The average Bonchev–Trinajstić information content (AvgIpc) is 3.48. The second-order valence-corrected chi connectivity index (χ2v) is 9.08. The van der Waals surface area contributed by atoms with Gasteiger partial charge in [-0.05, 0) is 38.3 Å². The van der Waals surface area contributed by atoms with E-state index in [2.05, 4.69) is 35.5 Å². The third kappa shape index (κ3) is 2.67. The molecule has 0 unspecified atom stereocenters. The summed E-state index contributed by atoms with van der Waals surface area (Å²) in [5.41, 5.74) is 2.89. The van der Waals surface area contributed by atoms with Crippen molar-refractivity contribution < 1.29 is 9.13 Å². The van der Waals surface area contributed by atoms with Crippen molar-refractivity contribution in [3.05, 3.63) is 35.7 Å². The van der Waals surface area contributed by atoms with E-state index in [1.807, 2.05) is 6.92 Å². The molecule has 3 atom stereocenters.